The van der Waals surface area contributed by atoms with Crippen LogP contribution in [0.5, 0.6) is 0 Å². The number of nitrogens with zero attached hydrogens (tertiary/aromatic N) is 1. The Morgan fingerprint density at radius 3 is 2.88 bits per heavy atom. The van der Waals surface area contributed by atoms with E-state index in [0.29, 0.717) is 32.7 Å². The molecule has 2 aliphatic rings. The monoisotopic (exact) mass is 258 g/mol. The standard InChI is InChI=1S/C11H18N2O3S/c1-11(7-16-8-11)6-12-9(14)2-3-13-4-5-17-10(13)15/h2-8H2,1H3,(H,12,14). The van der Waals surface area contributed by atoms with Crippen molar-refractivity contribution in [2.45, 2.75) is 13.3 Å². The molecule has 17 heavy (non-hydrogen) atoms. The lowest BCUT2D eigenvalue weighted by atomic mass is 9.89. The molecule has 0 bridgehead atoms. The van der Waals surface area contributed by atoms with Crippen LogP contribution in [-0.2, 0) is 9.53 Å². The van der Waals surface area contributed by atoms with Crippen LogP contribution >= 0.6 is 11.8 Å². The molecule has 2 rings (SSSR count). The van der Waals surface area contributed by atoms with Gasteiger partial charge in [0.1, 0.15) is 0 Å². The first kappa shape index (κ1) is 12.7. The molecule has 0 radical (unpaired) electrons. The van der Waals surface area contributed by atoms with Crippen molar-refractivity contribution in [2.24, 2.45) is 5.41 Å². The molecule has 0 aliphatic carbocycles. The number of carbonyl (C=O) groups is 2. The van der Waals surface area contributed by atoms with E-state index in [4.69, 9.17) is 4.74 Å². The summed E-state index contributed by atoms with van der Waals surface area (Å²) in [6, 6.07) is 0. The second-order valence-electron chi connectivity index (χ2n) is 4.93. The number of nitrogens with one attached hydrogen (secondary N) is 1. The maximum Gasteiger partial charge on any atom is 0.281 e. The summed E-state index contributed by atoms with van der Waals surface area (Å²) < 4.78 is 5.12. The molecule has 2 amide bonds. The molecule has 0 saturated carbocycles. The predicted molar refractivity (Wildman–Crippen MR) is 66.0 cm³/mol. The molecule has 2 fully saturated rings. The maximum atomic E-state index is 11.6. The van der Waals surface area contributed by atoms with Crippen molar-refractivity contribution in [2.75, 3.05) is 38.6 Å². The van der Waals surface area contributed by atoms with Crippen LogP contribution in [0.3, 0.4) is 0 Å². The number of thioether (sulfide) groups is 1. The molecule has 6 heteroatoms. The van der Waals surface area contributed by atoms with Gasteiger partial charge in [-0.2, -0.15) is 0 Å². The minimum atomic E-state index is 0.0165. The summed E-state index contributed by atoms with van der Waals surface area (Å²) in [5.41, 5.74) is 0.106. The van der Waals surface area contributed by atoms with Crippen molar-refractivity contribution in [1.29, 1.82) is 0 Å². The molecule has 2 heterocycles. The Balaban J connectivity index is 1.62. The van der Waals surface area contributed by atoms with Crippen molar-refractivity contribution in [3.8, 4) is 0 Å². The predicted octanol–water partition coefficient (Wildman–Crippen LogP) is 0.698. The van der Waals surface area contributed by atoms with E-state index in [9.17, 15) is 9.59 Å². The van der Waals surface area contributed by atoms with Crippen LogP contribution in [0.4, 0.5) is 4.79 Å². The fourth-order valence-corrected chi connectivity index (χ4v) is 2.67. The Morgan fingerprint density at radius 2 is 2.35 bits per heavy atom. The molecule has 2 aliphatic heterocycles. The number of hydrogen-bond acceptors (Lipinski definition) is 4. The molecule has 0 atom stereocenters. The van der Waals surface area contributed by atoms with Gasteiger partial charge in [0.25, 0.3) is 5.24 Å². The van der Waals surface area contributed by atoms with E-state index in [2.05, 4.69) is 12.2 Å². The van der Waals surface area contributed by atoms with Crippen LogP contribution < -0.4 is 5.32 Å². The van der Waals surface area contributed by atoms with Crippen molar-refractivity contribution in [3.05, 3.63) is 0 Å². The molecule has 5 nitrogen and oxygen atoms in total. The Morgan fingerprint density at radius 1 is 1.59 bits per heavy atom. The maximum absolute atomic E-state index is 11.6. The van der Waals surface area contributed by atoms with Gasteiger partial charge in [-0.25, -0.2) is 0 Å². The van der Waals surface area contributed by atoms with Gasteiger partial charge < -0.3 is 15.0 Å². The SMILES string of the molecule is CC1(CNC(=O)CCN2CCSC2=O)COC1. The topological polar surface area (TPSA) is 58.6 Å². The van der Waals surface area contributed by atoms with Gasteiger partial charge in [0, 0.05) is 37.2 Å². The first-order valence-corrected chi connectivity index (χ1v) is 6.84. The molecule has 2 saturated heterocycles. The Bertz CT molecular complexity index is 318. The summed E-state index contributed by atoms with van der Waals surface area (Å²) in [6.45, 7) is 5.49. The molecule has 0 aromatic carbocycles. The fourth-order valence-electron chi connectivity index (χ4n) is 1.82. The first-order chi connectivity index (χ1) is 8.09. The average Bonchev–Trinajstić information content (AvgIpc) is 2.67. The van der Waals surface area contributed by atoms with Crippen LogP contribution in [0.15, 0.2) is 0 Å². The summed E-state index contributed by atoms with van der Waals surface area (Å²) in [4.78, 5) is 24.6. The lowest BCUT2D eigenvalue weighted by Gasteiger charge is -2.38. The largest absolute Gasteiger partial charge is 0.380 e. The summed E-state index contributed by atoms with van der Waals surface area (Å²) in [7, 11) is 0. The lowest BCUT2D eigenvalue weighted by Crippen LogP contribution is -2.48. The Labute approximate surface area is 105 Å². The Kier molecular flexibility index (Phi) is 3.93. The molecule has 96 valence electrons. The van der Waals surface area contributed by atoms with Crippen LogP contribution in [0.1, 0.15) is 13.3 Å². The number of amides is 2. The van der Waals surface area contributed by atoms with Gasteiger partial charge in [0.2, 0.25) is 5.91 Å². The molecule has 1 N–H and O–H groups in total. The highest BCUT2D eigenvalue weighted by molar-refractivity contribution is 8.13. The van der Waals surface area contributed by atoms with Crippen molar-refractivity contribution >= 4 is 22.9 Å². The van der Waals surface area contributed by atoms with Crippen molar-refractivity contribution < 1.29 is 14.3 Å². The van der Waals surface area contributed by atoms with E-state index in [1.54, 1.807) is 4.90 Å². The molecule has 0 aromatic rings. The smallest absolute Gasteiger partial charge is 0.281 e. The zero-order chi connectivity index (χ0) is 12.3. The minimum Gasteiger partial charge on any atom is -0.380 e. The zero-order valence-corrected chi connectivity index (χ0v) is 10.8. The summed E-state index contributed by atoms with van der Waals surface area (Å²) in [5.74, 6) is 0.860. The molecular weight excluding hydrogens is 240 g/mol. The summed E-state index contributed by atoms with van der Waals surface area (Å²) in [5, 5.41) is 2.99. The third kappa shape index (κ3) is 3.35. The summed E-state index contributed by atoms with van der Waals surface area (Å²) >= 11 is 1.33. The number of hydrogen-bond donors (Lipinski definition) is 1. The molecule has 0 unspecified atom stereocenters. The molecular formula is C11H18N2O3S. The quantitative estimate of drug-likeness (QED) is 0.788. The Hall–Kier alpha value is -0.750. The van der Waals surface area contributed by atoms with Crippen LogP contribution in [0, 0.1) is 5.41 Å². The van der Waals surface area contributed by atoms with Gasteiger partial charge in [-0.15, -0.1) is 0 Å². The number of carbonyl (C=O) groups excluding carboxylic acids is 2. The average molecular weight is 258 g/mol. The molecule has 0 spiro atoms. The van der Waals surface area contributed by atoms with Gasteiger partial charge in [0.05, 0.1) is 13.2 Å². The first-order valence-electron chi connectivity index (χ1n) is 5.85. The fraction of sp³-hybridized carbons (Fsp3) is 0.818. The van der Waals surface area contributed by atoms with E-state index < -0.39 is 0 Å². The highest BCUT2D eigenvalue weighted by atomic mass is 32.2. The van der Waals surface area contributed by atoms with E-state index in [0.717, 1.165) is 12.3 Å². The number of ether oxygens (including phenoxy) is 1. The van der Waals surface area contributed by atoms with Gasteiger partial charge in [-0.05, 0) is 0 Å². The third-order valence-electron chi connectivity index (χ3n) is 3.07. The highest BCUT2D eigenvalue weighted by Gasteiger charge is 2.33. The van der Waals surface area contributed by atoms with Crippen LogP contribution in [-0.4, -0.2) is 54.6 Å². The van der Waals surface area contributed by atoms with Crippen molar-refractivity contribution in [1.82, 2.24) is 10.2 Å². The van der Waals surface area contributed by atoms with Crippen LogP contribution in [0.2, 0.25) is 0 Å². The van der Waals surface area contributed by atoms with E-state index >= 15 is 0 Å². The highest BCUT2D eigenvalue weighted by Crippen LogP contribution is 2.25. The molecule has 0 aromatic heterocycles. The zero-order valence-electron chi connectivity index (χ0n) is 10.0. The number of rotatable bonds is 5. The van der Waals surface area contributed by atoms with Gasteiger partial charge >= 0.3 is 0 Å². The lowest BCUT2D eigenvalue weighted by molar-refractivity contribution is -0.126. The van der Waals surface area contributed by atoms with Gasteiger partial charge in [-0.1, -0.05) is 18.7 Å². The minimum absolute atomic E-state index is 0.0165. The van der Waals surface area contributed by atoms with E-state index in [1.165, 1.54) is 11.8 Å². The van der Waals surface area contributed by atoms with E-state index in [1.807, 2.05) is 0 Å². The third-order valence-corrected chi connectivity index (χ3v) is 3.96. The van der Waals surface area contributed by atoms with Gasteiger partial charge in [0.15, 0.2) is 0 Å². The van der Waals surface area contributed by atoms with Crippen molar-refractivity contribution in [3.63, 3.8) is 0 Å². The second-order valence-corrected chi connectivity index (χ2v) is 5.98. The normalized spacial score (nSPS) is 22.4. The second kappa shape index (κ2) is 5.27. The van der Waals surface area contributed by atoms with Crippen LogP contribution in [0.25, 0.3) is 0 Å². The summed E-state index contributed by atoms with van der Waals surface area (Å²) in [6.07, 6.45) is 0.392. The van der Waals surface area contributed by atoms with Gasteiger partial charge in [-0.3, -0.25) is 9.59 Å². The van der Waals surface area contributed by atoms with E-state index in [-0.39, 0.29) is 16.6 Å².